The zero-order valence-corrected chi connectivity index (χ0v) is 14.6. The number of nitrogens with one attached hydrogen (secondary N) is 2. The second-order valence-electron chi connectivity index (χ2n) is 5.69. The van der Waals surface area contributed by atoms with Gasteiger partial charge in [-0.15, -0.1) is 0 Å². The average Bonchev–Trinajstić information content (AvgIpc) is 2.58. The molecule has 3 aromatic rings. The van der Waals surface area contributed by atoms with E-state index in [0.717, 1.165) is 11.3 Å². The Kier molecular flexibility index (Phi) is 4.95. The summed E-state index contributed by atoms with van der Waals surface area (Å²) in [6.07, 6.45) is 4.77. The first-order valence-corrected chi connectivity index (χ1v) is 8.12. The number of aryl methyl sites for hydroxylation is 2. The van der Waals surface area contributed by atoms with Crippen LogP contribution in [0, 0.1) is 13.8 Å². The third-order valence-corrected chi connectivity index (χ3v) is 3.93. The van der Waals surface area contributed by atoms with E-state index in [4.69, 9.17) is 11.6 Å². The Hall–Kier alpha value is -2.92. The van der Waals surface area contributed by atoms with Gasteiger partial charge in [0.25, 0.3) is 5.91 Å². The van der Waals surface area contributed by atoms with Gasteiger partial charge in [0.2, 0.25) is 0 Å². The molecule has 1 aromatic carbocycles. The Morgan fingerprint density at radius 1 is 1.04 bits per heavy atom. The van der Waals surface area contributed by atoms with Gasteiger partial charge in [-0.1, -0.05) is 29.3 Å². The maximum atomic E-state index is 12.6. The minimum Gasteiger partial charge on any atom is -0.353 e. The molecule has 126 valence electrons. The first-order chi connectivity index (χ1) is 12.0. The molecule has 0 spiro atoms. The van der Waals surface area contributed by atoms with Crippen molar-refractivity contribution in [2.75, 3.05) is 10.6 Å². The third kappa shape index (κ3) is 4.14. The first kappa shape index (κ1) is 16.9. The maximum absolute atomic E-state index is 12.6. The quantitative estimate of drug-likeness (QED) is 0.665. The summed E-state index contributed by atoms with van der Waals surface area (Å²) in [5.41, 5.74) is 4.67. The van der Waals surface area contributed by atoms with Gasteiger partial charge in [-0.25, -0.2) is 4.98 Å². The van der Waals surface area contributed by atoms with Crippen molar-refractivity contribution in [1.29, 1.82) is 0 Å². The van der Waals surface area contributed by atoms with Crippen molar-refractivity contribution in [1.82, 2.24) is 9.97 Å². The van der Waals surface area contributed by atoms with E-state index in [-0.39, 0.29) is 5.91 Å². The van der Waals surface area contributed by atoms with Crippen LogP contribution in [0.15, 0.2) is 55.0 Å². The monoisotopic (exact) mass is 352 g/mol. The van der Waals surface area contributed by atoms with Gasteiger partial charge in [-0.3, -0.25) is 9.78 Å². The molecule has 0 bridgehead atoms. The molecule has 1 amide bonds. The second kappa shape index (κ2) is 7.32. The third-order valence-electron chi connectivity index (χ3n) is 3.72. The lowest BCUT2D eigenvalue weighted by Gasteiger charge is -2.13. The average molecular weight is 353 g/mol. The molecule has 25 heavy (non-hydrogen) atoms. The van der Waals surface area contributed by atoms with Crippen LogP contribution in [0.2, 0.25) is 5.15 Å². The number of hydrogen-bond donors (Lipinski definition) is 2. The molecule has 5 nitrogen and oxygen atoms in total. The van der Waals surface area contributed by atoms with E-state index in [1.807, 2.05) is 38.1 Å². The predicted octanol–water partition coefficient (Wildman–Crippen LogP) is 4.74. The highest BCUT2D eigenvalue weighted by Gasteiger charge is 2.13. The molecule has 2 heterocycles. The molecule has 0 aliphatic heterocycles. The van der Waals surface area contributed by atoms with Gasteiger partial charge in [-0.05, 0) is 43.7 Å². The van der Waals surface area contributed by atoms with Crippen LogP contribution in [-0.2, 0) is 0 Å². The summed E-state index contributed by atoms with van der Waals surface area (Å²) in [6, 6.07) is 11.4. The van der Waals surface area contributed by atoms with Crippen molar-refractivity contribution in [3.63, 3.8) is 0 Å². The largest absolute Gasteiger partial charge is 0.353 e. The smallest absolute Gasteiger partial charge is 0.257 e. The summed E-state index contributed by atoms with van der Waals surface area (Å²) in [5, 5.41) is 6.52. The number of amides is 1. The maximum Gasteiger partial charge on any atom is 0.257 e. The number of benzene rings is 1. The molecule has 0 fully saturated rings. The molecule has 0 aliphatic carbocycles. The van der Waals surface area contributed by atoms with Crippen LogP contribution in [0.3, 0.4) is 0 Å². The van der Waals surface area contributed by atoms with Crippen LogP contribution in [0.1, 0.15) is 21.5 Å². The van der Waals surface area contributed by atoms with E-state index in [9.17, 15) is 4.79 Å². The molecular weight excluding hydrogens is 336 g/mol. The van der Waals surface area contributed by atoms with E-state index >= 15 is 0 Å². The summed E-state index contributed by atoms with van der Waals surface area (Å²) in [4.78, 5) is 20.7. The summed E-state index contributed by atoms with van der Waals surface area (Å²) < 4.78 is 0. The fourth-order valence-electron chi connectivity index (χ4n) is 2.34. The highest BCUT2D eigenvalue weighted by Crippen LogP contribution is 2.25. The zero-order chi connectivity index (χ0) is 17.8. The van der Waals surface area contributed by atoms with Crippen LogP contribution >= 0.6 is 11.6 Å². The lowest BCUT2D eigenvalue weighted by atomic mass is 10.1. The molecule has 0 aliphatic rings. The van der Waals surface area contributed by atoms with E-state index in [2.05, 4.69) is 20.6 Å². The molecule has 6 heteroatoms. The van der Waals surface area contributed by atoms with Gasteiger partial charge in [-0.2, -0.15) is 0 Å². The Bertz CT molecular complexity index is 910. The number of carbonyl (C=O) groups excluding carboxylic acids is 1. The highest BCUT2D eigenvalue weighted by molar-refractivity contribution is 6.29. The number of anilines is 3. The summed E-state index contributed by atoms with van der Waals surface area (Å²) in [6.45, 7) is 3.85. The molecule has 0 saturated carbocycles. The van der Waals surface area contributed by atoms with Crippen molar-refractivity contribution >= 4 is 34.6 Å². The van der Waals surface area contributed by atoms with E-state index in [1.54, 1.807) is 24.5 Å². The number of pyridine rings is 2. The topological polar surface area (TPSA) is 66.9 Å². The molecule has 2 aromatic heterocycles. The van der Waals surface area contributed by atoms with Crippen molar-refractivity contribution < 1.29 is 4.79 Å². The molecular formula is C19H17ClN4O. The molecule has 0 radical (unpaired) electrons. The van der Waals surface area contributed by atoms with E-state index in [0.29, 0.717) is 22.1 Å². The van der Waals surface area contributed by atoms with Gasteiger partial charge in [0.15, 0.2) is 0 Å². The Balaban J connectivity index is 1.83. The fraction of sp³-hybridized carbons (Fsp3) is 0.105. The number of halogens is 1. The summed E-state index contributed by atoms with van der Waals surface area (Å²) >= 11 is 5.85. The van der Waals surface area contributed by atoms with E-state index in [1.165, 1.54) is 11.8 Å². The first-order valence-electron chi connectivity index (χ1n) is 7.74. The molecule has 0 atom stereocenters. The van der Waals surface area contributed by atoms with Crippen molar-refractivity contribution in [2.45, 2.75) is 13.8 Å². The Morgan fingerprint density at radius 2 is 1.80 bits per heavy atom. The number of hydrogen-bond acceptors (Lipinski definition) is 4. The number of rotatable bonds is 4. The normalized spacial score (nSPS) is 10.4. The van der Waals surface area contributed by atoms with Gasteiger partial charge >= 0.3 is 0 Å². The summed E-state index contributed by atoms with van der Waals surface area (Å²) in [7, 11) is 0. The van der Waals surface area contributed by atoms with Crippen LogP contribution in [-0.4, -0.2) is 15.9 Å². The number of carbonyl (C=O) groups is 1. The van der Waals surface area contributed by atoms with Gasteiger partial charge < -0.3 is 10.6 Å². The van der Waals surface area contributed by atoms with E-state index < -0.39 is 0 Å². The van der Waals surface area contributed by atoms with Crippen LogP contribution in [0.5, 0.6) is 0 Å². The Morgan fingerprint density at radius 3 is 2.52 bits per heavy atom. The molecule has 2 N–H and O–H groups in total. The SMILES string of the molecule is Cc1ccc(Nc2cnccc2NC(=O)c2cnc(Cl)cc2C)cc1. The van der Waals surface area contributed by atoms with Crippen molar-refractivity contribution in [3.8, 4) is 0 Å². The zero-order valence-electron chi connectivity index (χ0n) is 13.9. The van der Waals surface area contributed by atoms with Crippen molar-refractivity contribution in [3.05, 3.63) is 76.8 Å². The predicted molar refractivity (Wildman–Crippen MR) is 101 cm³/mol. The van der Waals surface area contributed by atoms with Gasteiger partial charge in [0.05, 0.1) is 23.1 Å². The van der Waals surface area contributed by atoms with Crippen LogP contribution < -0.4 is 10.6 Å². The minimum absolute atomic E-state index is 0.250. The lowest BCUT2D eigenvalue weighted by Crippen LogP contribution is -2.15. The number of aromatic nitrogens is 2. The Labute approximate surface area is 151 Å². The van der Waals surface area contributed by atoms with Crippen LogP contribution in [0.4, 0.5) is 17.1 Å². The second-order valence-corrected chi connectivity index (χ2v) is 6.08. The van der Waals surface area contributed by atoms with Gasteiger partial charge in [0, 0.05) is 18.1 Å². The molecule has 0 unspecified atom stereocenters. The fourth-order valence-corrected chi connectivity index (χ4v) is 2.56. The van der Waals surface area contributed by atoms with Gasteiger partial charge in [0.1, 0.15) is 5.15 Å². The standard InChI is InChI=1S/C19H17ClN4O/c1-12-3-5-14(6-4-12)23-17-11-21-8-7-16(17)24-19(25)15-10-22-18(20)9-13(15)2/h3-11,23H,1-2H3,(H,21,24,25). The highest BCUT2D eigenvalue weighted by atomic mass is 35.5. The number of nitrogens with zero attached hydrogens (tertiary/aromatic N) is 2. The van der Waals surface area contributed by atoms with Crippen molar-refractivity contribution in [2.24, 2.45) is 0 Å². The minimum atomic E-state index is -0.250. The summed E-state index contributed by atoms with van der Waals surface area (Å²) in [5.74, 6) is -0.250. The molecule has 3 rings (SSSR count). The lowest BCUT2D eigenvalue weighted by molar-refractivity contribution is 0.102. The van der Waals surface area contributed by atoms with Crippen LogP contribution in [0.25, 0.3) is 0 Å². The molecule has 0 saturated heterocycles.